The van der Waals surface area contributed by atoms with Crippen molar-refractivity contribution in [2.24, 2.45) is 10.8 Å². The van der Waals surface area contributed by atoms with Gasteiger partial charge in [0.05, 0.1) is 0 Å². The Balaban J connectivity index is -0.0000000218. The Morgan fingerprint density at radius 1 is 0.429 bits per heavy atom. The zero-order valence-corrected chi connectivity index (χ0v) is 13.0. The first-order valence-corrected chi connectivity index (χ1v) is 6.00. The van der Waals surface area contributed by atoms with E-state index in [0.717, 1.165) is 0 Å². The summed E-state index contributed by atoms with van der Waals surface area (Å²) in [4.78, 5) is 0. The van der Waals surface area contributed by atoms with Crippen LogP contribution in [0.3, 0.4) is 0 Å². The fourth-order valence-electron chi connectivity index (χ4n) is 0. The molecule has 0 spiro atoms. The maximum absolute atomic E-state index is 2.19. The summed E-state index contributed by atoms with van der Waals surface area (Å²) in [6.07, 6.45) is 0. The summed E-state index contributed by atoms with van der Waals surface area (Å²) >= 11 is 0. The highest BCUT2D eigenvalue weighted by molar-refractivity contribution is 4.47. The predicted octanol–water partition coefficient (Wildman–Crippen LogP) is 6.65. The maximum atomic E-state index is 2.19. The minimum Gasteiger partial charge on any atom is -0.0683 e. The lowest BCUT2D eigenvalue weighted by molar-refractivity contribution is 0.469. The van der Waals surface area contributed by atoms with Gasteiger partial charge in [0, 0.05) is 2.85 Å². The SMILES string of the molecule is CC.CC.CC(C)(C)C.CC(C)(C)C.[2HH].[2HH]. The number of rotatable bonds is 0. The summed E-state index contributed by atoms with van der Waals surface area (Å²) in [7, 11) is 0. The van der Waals surface area contributed by atoms with Crippen LogP contribution in [-0.4, -0.2) is 0 Å². The lowest BCUT2D eigenvalue weighted by Crippen LogP contribution is -1.93. The molecule has 14 heavy (non-hydrogen) atoms. The van der Waals surface area contributed by atoms with E-state index in [1.54, 1.807) is 0 Å². The summed E-state index contributed by atoms with van der Waals surface area (Å²) in [5, 5.41) is 0. The van der Waals surface area contributed by atoms with E-state index in [1.165, 1.54) is 0 Å². The first-order valence-electron chi connectivity index (χ1n) is 6.00. The third-order valence-corrected chi connectivity index (χ3v) is 0. The van der Waals surface area contributed by atoms with Crippen LogP contribution in [-0.2, 0) is 0 Å². The molecule has 0 aromatic heterocycles. The van der Waals surface area contributed by atoms with Gasteiger partial charge in [-0.25, -0.2) is 0 Å². The van der Waals surface area contributed by atoms with Crippen LogP contribution >= 0.6 is 0 Å². The monoisotopic (exact) mass is 210 g/mol. The average Bonchev–Trinajstić information content (AvgIpc) is 1.88. The Labute approximate surface area is 97.5 Å². The summed E-state index contributed by atoms with van der Waals surface area (Å²) in [5.74, 6) is 0. The third kappa shape index (κ3) is 0. The van der Waals surface area contributed by atoms with E-state index >= 15 is 0 Å². The first kappa shape index (κ1) is 23.7. The van der Waals surface area contributed by atoms with Gasteiger partial charge in [-0.2, -0.15) is 0 Å². The normalized spacial score (nSPS) is 9.43. The Bertz CT molecular complexity index is 51.7. The molecule has 0 fully saturated rings. The van der Waals surface area contributed by atoms with Crippen LogP contribution in [0.4, 0.5) is 0 Å². The van der Waals surface area contributed by atoms with Gasteiger partial charge in [0.25, 0.3) is 0 Å². The smallest absolute Gasteiger partial charge is 0 e. The fraction of sp³-hybridized carbons (Fsp3) is 1.00. The van der Waals surface area contributed by atoms with Gasteiger partial charge < -0.3 is 0 Å². The molecule has 0 saturated carbocycles. The van der Waals surface area contributed by atoms with Crippen LogP contribution in [0, 0.1) is 10.8 Å². The van der Waals surface area contributed by atoms with Crippen LogP contribution in [0.15, 0.2) is 0 Å². The molecule has 0 unspecified atom stereocenters. The zero-order chi connectivity index (χ0) is 13.0. The first-order chi connectivity index (χ1) is 6.00. The van der Waals surface area contributed by atoms with E-state index in [2.05, 4.69) is 55.4 Å². The quantitative estimate of drug-likeness (QED) is 0.420. The zero-order valence-electron chi connectivity index (χ0n) is 13.0. The molecule has 0 aromatic rings. The van der Waals surface area contributed by atoms with E-state index in [0.29, 0.717) is 10.8 Å². The van der Waals surface area contributed by atoms with Crippen LogP contribution in [0.25, 0.3) is 0 Å². The standard InChI is InChI=1S/2C5H12.2C2H6.2H2/c2*1-5(2,3)4;2*1-2;;/h2*1-4H3;2*1-2H3;2*1H/i;;;;2*1+1. The lowest BCUT2D eigenvalue weighted by Gasteiger charge is -2.05. The molecule has 0 aliphatic heterocycles. The van der Waals surface area contributed by atoms with Gasteiger partial charge in [-0.05, 0) is 10.8 Å². The second-order valence-corrected chi connectivity index (χ2v) is 6.00. The molecule has 96 valence electrons. The van der Waals surface area contributed by atoms with E-state index < -0.39 is 0 Å². The largest absolute Gasteiger partial charge is 0.0683 e. The molecule has 0 saturated heterocycles. The minimum absolute atomic E-state index is 0. The van der Waals surface area contributed by atoms with Gasteiger partial charge in [-0.3, -0.25) is 0 Å². The molecule has 0 nitrogen and oxygen atoms in total. The second-order valence-electron chi connectivity index (χ2n) is 6.00. The van der Waals surface area contributed by atoms with Gasteiger partial charge in [0.1, 0.15) is 0 Å². The van der Waals surface area contributed by atoms with E-state index in [9.17, 15) is 0 Å². The summed E-state index contributed by atoms with van der Waals surface area (Å²) in [5.41, 5.74) is 1.00. The van der Waals surface area contributed by atoms with Gasteiger partial charge in [0.2, 0.25) is 0 Å². The van der Waals surface area contributed by atoms with E-state index in [4.69, 9.17) is 0 Å². The Hall–Kier alpha value is 0. The topological polar surface area (TPSA) is 0 Å². The lowest BCUT2D eigenvalue weighted by atomic mass is 10.0. The minimum atomic E-state index is 0. The summed E-state index contributed by atoms with van der Waals surface area (Å²) in [6.45, 7) is 25.5. The van der Waals surface area contributed by atoms with Crippen molar-refractivity contribution in [3.8, 4) is 0 Å². The highest BCUT2D eigenvalue weighted by atomic mass is 14.0. The average molecular weight is 210 g/mol. The molecule has 0 bridgehead atoms. The molecule has 0 heteroatoms. The maximum Gasteiger partial charge on any atom is 0 e. The van der Waals surface area contributed by atoms with E-state index in [1.807, 2.05) is 27.7 Å². The molecule has 0 aliphatic carbocycles. The third-order valence-electron chi connectivity index (χ3n) is 0. The molecule has 0 radical (unpaired) electrons. The van der Waals surface area contributed by atoms with Crippen molar-refractivity contribution in [3.63, 3.8) is 0 Å². The molecule has 0 heterocycles. The molecular formula is C14H40. The van der Waals surface area contributed by atoms with Gasteiger partial charge >= 0.3 is 0 Å². The highest BCUT2D eigenvalue weighted by Gasteiger charge is 1.96. The summed E-state index contributed by atoms with van der Waals surface area (Å²) < 4.78 is 0. The van der Waals surface area contributed by atoms with Crippen molar-refractivity contribution >= 4 is 0 Å². The number of hydrogen-bond acceptors (Lipinski definition) is 0. The van der Waals surface area contributed by atoms with Gasteiger partial charge in [-0.1, -0.05) is 83.1 Å². The van der Waals surface area contributed by atoms with Crippen LogP contribution in [0.2, 0.25) is 0 Å². The van der Waals surface area contributed by atoms with Gasteiger partial charge in [0.15, 0.2) is 0 Å². The highest BCUT2D eigenvalue weighted by Crippen LogP contribution is 2.08. The van der Waals surface area contributed by atoms with Crippen molar-refractivity contribution in [1.29, 1.82) is 0 Å². The molecule has 0 atom stereocenters. The van der Waals surface area contributed by atoms with Crippen molar-refractivity contribution < 1.29 is 2.85 Å². The molecule has 0 amide bonds. The Morgan fingerprint density at radius 3 is 0.429 bits per heavy atom. The van der Waals surface area contributed by atoms with Crippen molar-refractivity contribution in [2.45, 2.75) is 83.1 Å². The summed E-state index contributed by atoms with van der Waals surface area (Å²) in [6, 6.07) is 0. The molecule has 0 aliphatic rings. The predicted molar refractivity (Wildman–Crippen MR) is 77.2 cm³/mol. The molecule has 0 aromatic carbocycles. The molecular weight excluding hydrogens is 168 g/mol. The van der Waals surface area contributed by atoms with Crippen LogP contribution in [0.5, 0.6) is 0 Å². The van der Waals surface area contributed by atoms with Crippen LogP contribution < -0.4 is 0 Å². The van der Waals surface area contributed by atoms with E-state index in [-0.39, 0.29) is 2.85 Å². The number of hydrogen-bond donors (Lipinski definition) is 0. The fourth-order valence-corrected chi connectivity index (χ4v) is 0. The van der Waals surface area contributed by atoms with Crippen molar-refractivity contribution in [3.05, 3.63) is 0 Å². The molecule has 0 rings (SSSR count). The van der Waals surface area contributed by atoms with Gasteiger partial charge in [-0.15, -0.1) is 0 Å². The van der Waals surface area contributed by atoms with Crippen molar-refractivity contribution in [2.75, 3.05) is 0 Å². The second kappa shape index (κ2) is 13.0. The Morgan fingerprint density at radius 2 is 0.429 bits per heavy atom. The van der Waals surface area contributed by atoms with Crippen molar-refractivity contribution in [1.82, 2.24) is 0 Å². The Kier molecular flexibility index (Phi) is 22.0. The van der Waals surface area contributed by atoms with Crippen LogP contribution in [0.1, 0.15) is 85.9 Å². The molecule has 0 N–H and O–H groups in total.